The van der Waals surface area contributed by atoms with E-state index >= 15 is 0 Å². The van der Waals surface area contributed by atoms with Crippen molar-refractivity contribution in [3.05, 3.63) is 11.8 Å². The van der Waals surface area contributed by atoms with Gasteiger partial charge in [-0.3, -0.25) is 0 Å². The van der Waals surface area contributed by atoms with Gasteiger partial charge in [0.2, 0.25) is 0 Å². The summed E-state index contributed by atoms with van der Waals surface area (Å²) in [5.74, 6) is 0. The SMILES string of the molecule is C(OC1CCOC1)=C1CCCCC1. The van der Waals surface area contributed by atoms with Crippen molar-refractivity contribution in [2.75, 3.05) is 13.2 Å². The van der Waals surface area contributed by atoms with Crippen LogP contribution in [0.4, 0.5) is 0 Å². The number of hydrogen-bond acceptors (Lipinski definition) is 2. The summed E-state index contributed by atoms with van der Waals surface area (Å²) >= 11 is 0. The fourth-order valence-electron chi connectivity index (χ4n) is 1.94. The van der Waals surface area contributed by atoms with Gasteiger partial charge in [-0.05, 0) is 31.3 Å². The Morgan fingerprint density at radius 2 is 2.08 bits per heavy atom. The first-order valence-electron chi connectivity index (χ1n) is 5.36. The zero-order valence-corrected chi connectivity index (χ0v) is 8.13. The highest BCUT2D eigenvalue weighted by Gasteiger charge is 2.15. The second-order valence-electron chi connectivity index (χ2n) is 3.96. The largest absolute Gasteiger partial charge is 0.496 e. The third kappa shape index (κ3) is 2.73. The van der Waals surface area contributed by atoms with Gasteiger partial charge in [-0.2, -0.15) is 0 Å². The average Bonchev–Trinajstić information content (AvgIpc) is 2.69. The molecule has 2 nitrogen and oxygen atoms in total. The van der Waals surface area contributed by atoms with Gasteiger partial charge in [0.25, 0.3) is 0 Å². The predicted octanol–water partition coefficient (Wildman–Crippen LogP) is 2.64. The lowest BCUT2D eigenvalue weighted by Gasteiger charge is -2.15. The van der Waals surface area contributed by atoms with Crippen molar-refractivity contribution in [3.8, 4) is 0 Å². The number of ether oxygens (including phenoxy) is 2. The highest BCUT2D eigenvalue weighted by atomic mass is 16.5. The molecule has 2 aliphatic rings. The van der Waals surface area contributed by atoms with Crippen molar-refractivity contribution in [1.82, 2.24) is 0 Å². The zero-order chi connectivity index (χ0) is 8.93. The Morgan fingerprint density at radius 3 is 2.77 bits per heavy atom. The quantitative estimate of drug-likeness (QED) is 0.611. The Balaban J connectivity index is 1.74. The Bertz CT molecular complexity index is 173. The van der Waals surface area contributed by atoms with E-state index in [4.69, 9.17) is 9.47 Å². The lowest BCUT2D eigenvalue weighted by atomic mass is 9.96. The monoisotopic (exact) mass is 182 g/mol. The maximum atomic E-state index is 5.66. The van der Waals surface area contributed by atoms with Crippen LogP contribution in [0, 0.1) is 0 Å². The van der Waals surface area contributed by atoms with E-state index in [2.05, 4.69) is 0 Å². The van der Waals surface area contributed by atoms with E-state index in [1.54, 1.807) is 0 Å². The van der Waals surface area contributed by atoms with Gasteiger partial charge >= 0.3 is 0 Å². The average molecular weight is 182 g/mol. The molecule has 0 amide bonds. The van der Waals surface area contributed by atoms with Crippen LogP contribution in [0.5, 0.6) is 0 Å². The summed E-state index contributed by atoms with van der Waals surface area (Å²) in [6.45, 7) is 1.65. The molecule has 0 aromatic rings. The number of hydrogen-bond donors (Lipinski definition) is 0. The molecule has 1 atom stereocenters. The fraction of sp³-hybridized carbons (Fsp3) is 0.818. The van der Waals surface area contributed by atoms with Gasteiger partial charge in [-0.15, -0.1) is 0 Å². The first-order chi connectivity index (χ1) is 6.45. The van der Waals surface area contributed by atoms with Crippen LogP contribution >= 0.6 is 0 Å². The first-order valence-corrected chi connectivity index (χ1v) is 5.36. The van der Waals surface area contributed by atoms with Gasteiger partial charge in [0, 0.05) is 6.42 Å². The summed E-state index contributed by atoms with van der Waals surface area (Å²) in [6.07, 6.45) is 9.95. The minimum absolute atomic E-state index is 0.328. The van der Waals surface area contributed by atoms with Crippen molar-refractivity contribution in [3.63, 3.8) is 0 Å². The second kappa shape index (κ2) is 4.66. The topological polar surface area (TPSA) is 18.5 Å². The smallest absolute Gasteiger partial charge is 0.123 e. The van der Waals surface area contributed by atoms with E-state index in [0.717, 1.165) is 19.6 Å². The molecule has 1 heterocycles. The summed E-state index contributed by atoms with van der Waals surface area (Å²) < 4.78 is 10.9. The Kier molecular flexibility index (Phi) is 3.25. The molecule has 1 aliphatic carbocycles. The van der Waals surface area contributed by atoms with Gasteiger partial charge in [0.05, 0.1) is 19.5 Å². The number of rotatable bonds is 2. The van der Waals surface area contributed by atoms with Crippen molar-refractivity contribution in [2.45, 2.75) is 44.6 Å². The van der Waals surface area contributed by atoms with Crippen LogP contribution in [0.3, 0.4) is 0 Å². The normalized spacial score (nSPS) is 28.9. The summed E-state index contributed by atoms with van der Waals surface area (Å²) in [4.78, 5) is 0. The van der Waals surface area contributed by atoms with Gasteiger partial charge in [-0.1, -0.05) is 6.42 Å². The molecule has 1 saturated heterocycles. The Morgan fingerprint density at radius 1 is 1.23 bits per heavy atom. The van der Waals surface area contributed by atoms with Gasteiger partial charge in [0.15, 0.2) is 0 Å². The lowest BCUT2D eigenvalue weighted by Crippen LogP contribution is -2.09. The standard InChI is InChI=1S/C11H18O2/c1-2-4-10(5-3-1)8-13-11-6-7-12-9-11/h8,11H,1-7,9H2. The molecular weight excluding hydrogens is 164 g/mol. The van der Waals surface area contributed by atoms with E-state index in [0.29, 0.717) is 6.10 Å². The van der Waals surface area contributed by atoms with Gasteiger partial charge in [-0.25, -0.2) is 0 Å². The highest BCUT2D eigenvalue weighted by molar-refractivity contribution is 5.00. The van der Waals surface area contributed by atoms with Crippen LogP contribution in [0.2, 0.25) is 0 Å². The highest BCUT2D eigenvalue weighted by Crippen LogP contribution is 2.23. The minimum atomic E-state index is 0.328. The predicted molar refractivity (Wildman–Crippen MR) is 51.5 cm³/mol. The Labute approximate surface area is 79.9 Å². The first kappa shape index (κ1) is 9.07. The molecule has 74 valence electrons. The minimum Gasteiger partial charge on any atom is -0.496 e. The molecule has 0 spiro atoms. The van der Waals surface area contributed by atoms with Crippen LogP contribution in [-0.4, -0.2) is 19.3 Å². The van der Waals surface area contributed by atoms with Gasteiger partial charge < -0.3 is 9.47 Å². The summed E-state index contributed by atoms with van der Waals surface area (Å²) in [5, 5.41) is 0. The molecule has 2 rings (SSSR count). The molecule has 0 N–H and O–H groups in total. The van der Waals surface area contributed by atoms with Crippen LogP contribution in [0.15, 0.2) is 11.8 Å². The van der Waals surface area contributed by atoms with Crippen molar-refractivity contribution in [1.29, 1.82) is 0 Å². The fourth-order valence-corrected chi connectivity index (χ4v) is 1.94. The molecular formula is C11H18O2. The molecule has 13 heavy (non-hydrogen) atoms. The molecule has 1 aliphatic heterocycles. The maximum Gasteiger partial charge on any atom is 0.123 e. The number of allylic oxidation sites excluding steroid dienone is 1. The van der Waals surface area contributed by atoms with E-state index in [9.17, 15) is 0 Å². The third-order valence-corrected chi connectivity index (χ3v) is 2.81. The van der Waals surface area contributed by atoms with Crippen molar-refractivity contribution in [2.24, 2.45) is 0 Å². The van der Waals surface area contributed by atoms with Gasteiger partial charge in [0.1, 0.15) is 6.10 Å². The van der Waals surface area contributed by atoms with Crippen molar-refractivity contribution >= 4 is 0 Å². The molecule has 1 unspecified atom stereocenters. The maximum absolute atomic E-state index is 5.66. The molecule has 2 heteroatoms. The van der Waals surface area contributed by atoms with E-state index in [1.807, 2.05) is 6.26 Å². The van der Waals surface area contributed by atoms with E-state index < -0.39 is 0 Å². The molecule has 0 bridgehead atoms. The summed E-state index contributed by atoms with van der Waals surface area (Å²) in [6, 6.07) is 0. The third-order valence-electron chi connectivity index (χ3n) is 2.81. The van der Waals surface area contributed by atoms with Crippen LogP contribution in [-0.2, 0) is 9.47 Å². The molecule has 2 fully saturated rings. The van der Waals surface area contributed by atoms with E-state index in [1.165, 1.54) is 37.7 Å². The van der Waals surface area contributed by atoms with Crippen LogP contribution < -0.4 is 0 Å². The molecule has 0 aromatic heterocycles. The molecule has 0 radical (unpaired) electrons. The summed E-state index contributed by atoms with van der Waals surface area (Å²) in [7, 11) is 0. The van der Waals surface area contributed by atoms with Crippen molar-refractivity contribution < 1.29 is 9.47 Å². The van der Waals surface area contributed by atoms with Crippen LogP contribution in [0.1, 0.15) is 38.5 Å². The van der Waals surface area contributed by atoms with Crippen LogP contribution in [0.25, 0.3) is 0 Å². The summed E-state index contributed by atoms with van der Waals surface area (Å²) in [5.41, 5.74) is 1.50. The Hall–Kier alpha value is -0.500. The zero-order valence-electron chi connectivity index (χ0n) is 8.13. The lowest BCUT2D eigenvalue weighted by molar-refractivity contribution is 0.108. The molecule has 0 aromatic carbocycles. The molecule has 1 saturated carbocycles. The second-order valence-corrected chi connectivity index (χ2v) is 3.96. The van der Waals surface area contributed by atoms with E-state index in [-0.39, 0.29) is 0 Å².